The molecule has 0 saturated carbocycles. The van der Waals surface area contributed by atoms with Gasteiger partial charge in [0.1, 0.15) is 0 Å². The van der Waals surface area contributed by atoms with Crippen molar-refractivity contribution < 1.29 is 9.59 Å². The lowest BCUT2D eigenvalue weighted by Crippen LogP contribution is -2.37. The van der Waals surface area contributed by atoms with Crippen LogP contribution in [-0.2, 0) is 11.2 Å². The van der Waals surface area contributed by atoms with Crippen molar-refractivity contribution in [2.24, 2.45) is 0 Å². The summed E-state index contributed by atoms with van der Waals surface area (Å²) in [5.41, 5.74) is 2.75. The standard InChI is InChI=1S/C19H19ClN2O2/c20-16-9-7-15(8-10-16)19(24)21-12-11-18(23)22-13-3-5-14-4-1-2-6-17(14)22/h1-2,4,6-10H,3,5,11-13H2,(H,21,24). The molecule has 24 heavy (non-hydrogen) atoms. The highest BCUT2D eigenvalue weighted by Gasteiger charge is 2.21. The van der Waals surface area contributed by atoms with Crippen molar-refractivity contribution in [3.05, 3.63) is 64.7 Å². The number of rotatable bonds is 4. The van der Waals surface area contributed by atoms with Crippen molar-refractivity contribution in [3.8, 4) is 0 Å². The summed E-state index contributed by atoms with van der Waals surface area (Å²) in [4.78, 5) is 26.3. The van der Waals surface area contributed by atoms with Crippen LogP contribution in [0.4, 0.5) is 5.69 Å². The predicted molar refractivity (Wildman–Crippen MR) is 95.5 cm³/mol. The molecule has 1 aliphatic rings. The van der Waals surface area contributed by atoms with Crippen LogP contribution in [0.3, 0.4) is 0 Å². The lowest BCUT2D eigenvalue weighted by Gasteiger charge is -2.29. The molecule has 4 nitrogen and oxygen atoms in total. The van der Waals surface area contributed by atoms with Crippen LogP contribution in [-0.4, -0.2) is 24.9 Å². The Morgan fingerprint density at radius 2 is 1.83 bits per heavy atom. The molecule has 0 spiro atoms. The minimum atomic E-state index is -0.196. The van der Waals surface area contributed by atoms with Gasteiger partial charge in [-0.05, 0) is 48.7 Å². The number of aryl methyl sites for hydroxylation is 1. The predicted octanol–water partition coefficient (Wildman–Crippen LogP) is 3.44. The van der Waals surface area contributed by atoms with Crippen molar-refractivity contribution in [3.63, 3.8) is 0 Å². The van der Waals surface area contributed by atoms with Crippen LogP contribution in [0.15, 0.2) is 48.5 Å². The Balaban J connectivity index is 1.55. The molecule has 0 atom stereocenters. The molecule has 124 valence electrons. The van der Waals surface area contributed by atoms with Crippen LogP contribution in [0.25, 0.3) is 0 Å². The largest absolute Gasteiger partial charge is 0.352 e. The Labute approximate surface area is 146 Å². The minimum Gasteiger partial charge on any atom is -0.352 e. The van der Waals surface area contributed by atoms with E-state index < -0.39 is 0 Å². The first-order chi connectivity index (χ1) is 11.6. The minimum absolute atomic E-state index is 0.0403. The molecule has 2 aromatic rings. The molecule has 0 aromatic heterocycles. The molecule has 1 heterocycles. The van der Waals surface area contributed by atoms with E-state index in [0.29, 0.717) is 17.1 Å². The number of nitrogens with zero attached hydrogens (tertiary/aromatic N) is 1. The van der Waals surface area contributed by atoms with Gasteiger partial charge in [0.15, 0.2) is 0 Å². The van der Waals surface area contributed by atoms with Crippen molar-refractivity contribution in [2.75, 3.05) is 18.0 Å². The molecular weight excluding hydrogens is 324 g/mol. The third-order valence-corrected chi connectivity index (χ3v) is 4.39. The number of hydrogen-bond donors (Lipinski definition) is 1. The Bertz CT molecular complexity index is 743. The Morgan fingerprint density at radius 1 is 1.08 bits per heavy atom. The van der Waals surface area contributed by atoms with E-state index in [1.165, 1.54) is 5.56 Å². The number of benzene rings is 2. The normalized spacial score (nSPS) is 13.3. The quantitative estimate of drug-likeness (QED) is 0.925. The molecule has 1 N–H and O–H groups in total. The molecular formula is C19H19ClN2O2. The second kappa shape index (κ2) is 7.49. The van der Waals surface area contributed by atoms with Crippen molar-refractivity contribution in [1.29, 1.82) is 0 Å². The summed E-state index contributed by atoms with van der Waals surface area (Å²) < 4.78 is 0. The second-order valence-corrected chi connectivity index (χ2v) is 6.23. The van der Waals surface area contributed by atoms with Gasteiger partial charge in [0.2, 0.25) is 5.91 Å². The van der Waals surface area contributed by atoms with Crippen LogP contribution < -0.4 is 10.2 Å². The number of hydrogen-bond acceptors (Lipinski definition) is 2. The van der Waals surface area contributed by atoms with Gasteiger partial charge in [0.25, 0.3) is 5.91 Å². The maximum Gasteiger partial charge on any atom is 0.251 e. The highest BCUT2D eigenvalue weighted by Crippen LogP contribution is 2.27. The third-order valence-electron chi connectivity index (χ3n) is 4.14. The Kier molecular flexibility index (Phi) is 5.16. The van der Waals surface area contributed by atoms with E-state index in [-0.39, 0.29) is 18.2 Å². The molecule has 0 aliphatic carbocycles. The van der Waals surface area contributed by atoms with Crippen LogP contribution >= 0.6 is 11.6 Å². The van der Waals surface area contributed by atoms with Crippen molar-refractivity contribution in [2.45, 2.75) is 19.3 Å². The van der Waals surface area contributed by atoms with Gasteiger partial charge in [-0.3, -0.25) is 9.59 Å². The molecule has 0 fully saturated rings. The van der Waals surface area contributed by atoms with Gasteiger partial charge in [-0.25, -0.2) is 0 Å². The van der Waals surface area contributed by atoms with Gasteiger partial charge in [-0.15, -0.1) is 0 Å². The number of carbonyl (C=O) groups is 2. The SMILES string of the molecule is O=C(NCCC(=O)N1CCCc2ccccc21)c1ccc(Cl)cc1. The zero-order valence-electron chi connectivity index (χ0n) is 13.3. The van der Waals surface area contributed by atoms with Crippen LogP contribution in [0.2, 0.25) is 5.02 Å². The third kappa shape index (κ3) is 3.77. The fraction of sp³-hybridized carbons (Fsp3) is 0.263. The molecule has 0 radical (unpaired) electrons. The summed E-state index contributed by atoms with van der Waals surface area (Å²) in [5.74, 6) is -0.155. The number of anilines is 1. The highest BCUT2D eigenvalue weighted by molar-refractivity contribution is 6.30. The van der Waals surface area contributed by atoms with Gasteiger partial charge in [-0.2, -0.15) is 0 Å². The van der Waals surface area contributed by atoms with Gasteiger partial charge in [0, 0.05) is 35.8 Å². The fourth-order valence-corrected chi connectivity index (χ4v) is 3.04. The molecule has 3 rings (SSSR count). The van der Waals surface area contributed by atoms with Gasteiger partial charge in [0.05, 0.1) is 0 Å². The number of carbonyl (C=O) groups excluding carboxylic acids is 2. The average Bonchev–Trinajstić information content (AvgIpc) is 2.61. The first kappa shape index (κ1) is 16.5. The number of amides is 2. The molecule has 2 amide bonds. The summed E-state index contributed by atoms with van der Waals surface area (Å²) >= 11 is 5.81. The van der Waals surface area contributed by atoms with Crippen molar-refractivity contribution in [1.82, 2.24) is 5.32 Å². The average molecular weight is 343 g/mol. The number of para-hydroxylation sites is 1. The van der Waals surface area contributed by atoms with E-state index in [1.807, 2.05) is 23.1 Å². The van der Waals surface area contributed by atoms with E-state index in [9.17, 15) is 9.59 Å². The first-order valence-electron chi connectivity index (χ1n) is 8.07. The molecule has 1 aliphatic heterocycles. The zero-order valence-corrected chi connectivity index (χ0v) is 14.1. The second-order valence-electron chi connectivity index (χ2n) is 5.79. The van der Waals surface area contributed by atoms with Crippen LogP contribution in [0.5, 0.6) is 0 Å². The van der Waals surface area contributed by atoms with Crippen LogP contribution in [0.1, 0.15) is 28.8 Å². The first-order valence-corrected chi connectivity index (χ1v) is 8.45. The summed E-state index contributed by atoms with van der Waals surface area (Å²) in [6.45, 7) is 1.06. The Morgan fingerprint density at radius 3 is 2.62 bits per heavy atom. The summed E-state index contributed by atoms with van der Waals surface area (Å²) in [5, 5.41) is 3.37. The zero-order chi connectivity index (χ0) is 16.9. The monoisotopic (exact) mass is 342 g/mol. The van der Waals surface area contributed by atoms with Crippen molar-refractivity contribution >= 4 is 29.1 Å². The summed E-state index contributed by atoms with van der Waals surface area (Å²) in [6, 6.07) is 14.7. The molecule has 0 unspecified atom stereocenters. The number of nitrogens with one attached hydrogen (secondary N) is 1. The summed E-state index contributed by atoms with van der Waals surface area (Å²) in [7, 11) is 0. The van der Waals surface area contributed by atoms with Gasteiger partial charge >= 0.3 is 0 Å². The lowest BCUT2D eigenvalue weighted by molar-refractivity contribution is -0.118. The molecule has 5 heteroatoms. The molecule has 0 saturated heterocycles. The van der Waals surface area contributed by atoms with Gasteiger partial charge in [-0.1, -0.05) is 29.8 Å². The lowest BCUT2D eigenvalue weighted by atomic mass is 10.0. The van der Waals surface area contributed by atoms with E-state index in [1.54, 1.807) is 24.3 Å². The van der Waals surface area contributed by atoms with E-state index >= 15 is 0 Å². The smallest absolute Gasteiger partial charge is 0.251 e. The van der Waals surface area contributed by atoms with E-state index in [0.717, 1.165) is 25.1 Å². The maximum absolute atomic E-state index is 12.5. The van der Waals surface area contributed by atoms with E-state index in [2.05, 4.69) is 11.4 Å². The number of halogens is 1. The molecule has 2 aromatic carbocycles. The summed E-state index contributed by atoms with van der Waals surface area (Å²) in [6.07, 6.45) is 2.26. The fourth-order valence-electron chi connectivity index (χ4n) is 2.91. The number of fused-ring (bicyclic) bond motifs is 1. The molecule has 0 bridgehead atoms. The Hall–Kier alpha value is -2.33. The van der Waals surface area contributed by atoms with Gasteiger partial charge < -0.3 is 10.2 Å². The topological polar surface area (TPSA) is 49.4 Å². The highest BCUT2D eigenvalue weighted by atomic mass is 35.5. The van der Waals surface area contributed by atoms with E-state index in [4.69, 9.17) is 11.6 Å². The van der Waals surface area contributed by atoms with Crippen LogP contribution in [0, 0.1) is 0 Å². The maximum atomic E-state index is 12.5.